The van der Waals surface area contributed by atoms with Crippen molar-refractivity contribution in [3.05, 3.63) is 100 Å². The average Bonchev–Trinajstić information content (AvgIpc) is 3.68. The van der Waals surface area contributed by atoms with Crippen molar-refractivity contribution in [2.75, 3.05) is 6.61 Å². The normalized spacial score (nSPS) is 18.7. The first-order valence-corrected chi connectivity index (χ1v) is 14.7. The summed E-state index contributed by atoms with van der Waals surface area (Å²) in [5, 5.41) is 8.54. The molecule has 9 heteroatoms. The van der Waals surface area contributed by atoms with Gasteiger partial charge in [-0.15, -0.1) is 6.58 Å². The number of carbonyl (C=O) groups excluding carboxylic acids is 1. The second-order valence-corrected chi connectivity index (χ2v) is 11.0. The van der Waals surface area contributed by atoms with Gasteiger partial charge in [-0.05, 0) is 48.8 Å². The summed E-state index contributed by atoms with van der Waals surface area (Å²) in [6, 6.07) is 16.2. The van der Waals surface area contributed by atoms with E-state index < -0.39 is 0 Å². The second kappa shape index (κ2) is 12.2. The molecule has 0 N–H and O–H groups in total. The van der Waals surface area contributed by atoms with Crippen LogP contribution >= 0.6 is 0 Å². The van der Waals surface area contributed by atoms with Crippen LogP contribution in [0.1, 0.15) is 73.9 Å². The summed E-state index contributed by atoms with van der Waals surface area (Å²) in [6.07, 6.45) is 9.31. The third-order valence-corrected chi connectivity index (χ3v) is 8.22. The number of hydrogen-bond acceptors (Lipinski definition) is 7. The van der Waals surface area contributed by atoms with Crippen molar-refractivity contribution < 1.29 is 14.4 Å². The van der Waals surface area contributed by atoms with Crippen LogP contribution in [0.5, 0.6) is 0 Å². The Hall–Kier alpha value is -4.37. The fraction of sp³-hybridized carbons (Fsp3) is 0.364. The van der Waals surface area contributed by atoms with Crippen molar-refractivity contribution in [3.63, 3.8) is 0 Å². The van der Waals surface area contributed by atoms with Crippen molar-refractivity contribution in [1.29, 1.82) is 0 Å². The summed E-state index contributed by atoms with van der Waals surface area (Å²) >= 11 is 0. The van der Waals surface area contributed by atoms with E-state index in [4.69, 9.17) is 9.57 Å². The summed E-state index contributed by atoms with van der Waals surface area (Å²) in [5.74, 6) is 0.272. The van der Waals surface area contributed by atoms with Crippen LogP contribution in [0, 0.1) is 0 Å². The van der Waals surface area contributed by atoms with Crippen LogP contribution in [0.2, 0.25) is 0 Å². The van der Waals surface area contributed by atoms with Crippen LogP contribution in [0.25, 0.3) is 16.9 Å². The number of fused-ring (bicyclic) bond motifs is 1. The predicted molar refractivity (Wildman–Crippen MR) is 161 cm³/mol. The van der Waals surface area contributed by atoms with Gasteiger partial charge >= 0.3 is 5.97 Å². The van der Waals surface area contributed by atoms with Crippen LogP contribution in [-0.4, -0.2) is 43.6 Å². The van der Waals surface area contributed by atoms with Gasteiger partial charge in [0.25, 0.3) is 5.56 Å². The van der Waals surface area contributed by atoms with Gasteiger partial charge in [-0.25, -0.2) is 9.31 Å². The molecule has 0 amide bonds. The molecule has 2 aromatic heterocycles. The molecule has 0 bridgehead atoms. The van der Waals surface area contributed by atoms with Crippen molar-refractivity contribution >= 4 is 17.5 Å². The lowest BCUT2D eigenvalue weighted by molar-refractivity contribution is -0.140. The minimum absolute atomic E-state index is 0.0211. The Balaban J connectivity index is 1.32. The van der Waals surface area contributed by atoms with Gasteiger partial charge in [0.05, 0.1) is 30.5 Å². The van der Waals surface area contributed by atoms with Crippen molar-refractivity contribution in [2.45, 2.75) is 70.4 Å². The number of aromatic nitrogens is 4. The van der Waals surface area contributed by atoms with E-state index in [9.17, 15) is 9.59 Å². The van der Waals surface area contributed by atoms with Crippen molar-refractivity contribution in [2.24, 2.45) is 5.16 Å². The summed E-state index contributed by atoms with van der Waals surface area (Å²) in [5.41, 5.74) is 6.24. The molecular weight excluding hydrogens is 530 g/mol. The third kappa shape index (κ3) is 5.44. The zero-order chi connectivity index (χ0) is 29.1. The lowest BCUT2D eigenvalue weighted by atomic mass is 9.92. The first-order valence-electron chi connectivity index (χ1n) is 14.7. The highest BCUT2D eigenvalue weighted by Crippen LogP contribution is 2.31. The summed E-state index contributed by atoms with van der Waals surface area (Å²) < 4.78 is 9.64. The second-order valence-electron chi connectivity index (χ2n) is 11.0. The quantitative estimate of drug-likeness (QED) is 0.188. The molecule has 42 heavy (non-hydrogen) atoms. The van der Waals surface area contributed by atoms with E-state index in [0.717, 1.165) is 72.0 Å². The molecule has 0 atom stereocenters. The van der Waals surface area contributed by atoms with Crippen LogP contribution < -0.4 is 5.56 Å². The number of aryl methyl sites for hydroxylation is 1. The standard InChI is InChI=1S/C33H35N5O4/c1-3-7-30-28(32(40)37(33-34-21-35-38(30)33)24-14-16-25(17-15-24)41-18-4-2)19-22-10-12-23(13-11-22)26-8-5-6-9-27(26)29-20-31(39)42-36-29/h4-6,8-13,21,24-25H,2-3,7,14-20H2,1H3. The SMILES string of the molecule is C=CCOC1CCC(n2c(=O)c(Cc3ccc(-c4ccccc4C4=NOC(=O)C4)cc3)c(CCC)n3ncnc23)CC1. The molecule has 0 saturated heterocycles. The monoisotopic (exact) mass is 565 g/mol. The Kier molecular flexibility index (Phi) is 8.10. The molecule has 6 rings (SSSR count). The van der Waals surface area contributed by atoms with Crippen molar-refractivity contribution in [3.8, 4) is 11.1 Å². The fourth-order valence-electron chi connectivity index (χ4n) is 6.20. The maximum Gasteiger partial charge on any atom is 0.341 e. The first-order chi connectivity index (χ1) is 20.6. The van der Waals surface area contributed by atoms with E-state index in [-0.39, 0.29) is 30.1 Å². The molecule has 0 unspecified atom stereocenters. The van der Waals surface area contributed by atoms with Crippen LogP contribution in [-0.2, 0) is 27.2 Å². The number of rotatable bonds is 10. The topological polar surface area (TPSA) is 100 Å². The Labute approximate surface area is 244 Å². The van der Waals surface area contributed by atoms with Gasteiger partial charge in [-0.1, -0.05) is 73.1 Å². The van der Waals surface area contributed by atoms with Gasteiger partial charge in [-0.3, -0.25) is 9.36 Å². The Morgan fingerprint density at radius 2 is 1.81 bits per heavy atom. The Morgan fingerprint density at radius 1 is 1.05 bits per heavy atom. The summed E-state index contributed by atoms with van der Waals surface area (Å²) in [6.45, 7) is 6.41. The molecule has 1 fully saturated rings. The highest BCUT2D eigenvalue weighted by Gasteiger charge is 2.28. The summed E-state index contributed by atoms with van der Waals surface area (Å²) in [4.78, 5) is 35.2. The molecule has 4 aromatic rings. The van der Waals surface area contributed by atoms with E-state index in [1.54, 1.807) is 12.4 Å². The zero-order valence-corrected chi connectivity index (χ0v) is 23.9. The maximum atomic E-state index is 14.2. The highest BCUT2D eigenvalue weighted by atomic mass is 16.7. The molecule has 1 saturated carbocycles. The van der Waals surface area contributed by atoms with Gasteiger partial charge < -0.3 is 9.57 Å². The number of hydrogen-bond donors (Lipinski definition) is 0. The van der Waals surface area contributed by atoms with Gasteiger partial charge in [0, 0.05) is 23.6 Å². The van der Waals surface area contributed by atoms with E-state index in [1.807, 2.05) is 33.3 Å². The van der Waals surface area contributed by atoms with Gasteiger partial charge in [0.15, 0.2) is 0 Å². The van der Waals surface area contributed by atoms with Gasteiger partial charge in [0.2, 0.25) is 5.78 Å². The van der Waals surface area contributed by atoms with E-state index in [1.165, 1.54) is 0 Å². The number of carbonyl (C=O) groups is 1. The van der Waals surface area contributed by atoms with E-state index >= 15 is 0 Å². The van der Waals surface area contributed by atoms with Gasteiger partial charge in [-0.2, -0.15) is 10.1 Å². The minimum atomic E-state index is -0.345. The zero-order valence-electron chi connectivity index (χ0n) is 23.9. The third-order valence-electron chi connectivity index (χ3n) is 8.22. The molecule has 3 heterocycles. The molecule has 1 aliphatic heterocycles. The lowest BCUT2D eigenvalue weighted by Gasteiger charge is -2.30. The summed E-state index contributed by atoms with van der Waals surface area (Å²) in [7, 11) is 0. The minimum Gasteiger partial charge on any atom is -0.374 e. The van der Waals surface area contributed by atoms with Crippen LogP contribution in [0.15, 0.2) is 77.5 Å². The smallest absolute Gasteiger partial charge is 0.341 e. The molecule has 2 aromatic carbocycles. The molecule has 2 aliphatic rings. The molecule has 0 spiro atoms. The largest absolute Gasteiger partial charge is 0.374 e. The molecule has 9 nitrogen and oxygen atoms in total. The number of benzene rings is 2. The molecule has 0 radical (unpaired) electrons. The van der Waals surface area contributed by atoms with Gasteiger partial charge in [0.1, 0.15) is 6.33 Å². The highest BCUT2D eigenvalue weighted by molar-refractivity contribution is 6.14. The Bertz CT molecular complexity index is 1690. The predicted octanol–water partition coefficient (Wildman–Crippen LogP) is 5.44. The number of ether oxygens (including phenoxy) is 1. The van der Waals surface area contributed by atoms with Crippen molar-refractivity contribution in [1.82, 2.24) is 19.2 Å². The van der Waals surface area contributed by atoms with E-state index in [2.05, 4.69) is 53.0 Å². The van der Waals surface area contributed by atoms with E-state index in [0.29, 0.717) is 24.5 Å². The maximum absolute atomic E-state index is 14.2. The number of nitrogens with zero attached hydrogens (tertiary/aromatic N) is 5. The molecule has 216 valence electrons. The first kappa shape index (κ1) is 27.8. The fourth-order valence-corrected chi connectivity index (χ4v) is 6.20. The van der Waals surface area contributed by atoms with Crippen LogP contribution in [0.3, 0.4) is 0 Å². The molecular formula is C33H35N5O4. The average molecular weight is 566 g/mol. The lowest BCUT2D eigenvalue weighted by Crippen LogP contribution is -2.35. The van der Waals surface area contributed by atoms with Crippen LogP contribution in [0.4, 0.5) is 0 Å². The number of oxime groups is 1. The molecule has 1 aliphatic carbocycles. The Morgan fingerprint density at radius 3 is 2.50 bits per heavy atom.